The second kappa shape index (κ2) is 9.37. The summed E-state index contributed by atoms with van der Waals surface area (Å²) in [5.41, 5.74) is 1.73. The molecular formula is C20H22BrNO3. The van der Waals surface area contributed by atoms with Gasteiger partial charge in [0.25, 0.3) is 0 Å². The maximum atomic E-state index is 12.0. The minimum atomic E-state index is -0.0272. The first-order chi connectivity index (χ1) is 12.0. The summed E-state index contributed by atoms with van der Waals surface area (Å²) in [5, 5.41) is 2.99. The highest BCUT2D eigenvalue weighted by Gasteiger charge is 2.09. The Morgan fingerprint density at radius 3 is 2.32 bits per heavy atom. The van der Waals surface area contributed by atoms with Crippen LogP contribution in [0.5, 0.6) is 5.75 Å². The minimum absolute atomic E-state index is 0.00551. The normalized spacial score (nSPS) is 11.6. The van der Waals surface area contributed by atoms with E-state index in [4.69, 9.17) is 4.74 Å². The molecule has 0 fully saturated rings. The monoisotopic (exact) mass is 403 g/mol. The van der Waals surface area contributed by atoms with Crippen molar-refractivity contribution in [1.29, 1.82) is 0 Å². The fraction of sp³-hybridized carbons (Fsp3) is 0.300. The Morgan fingerprint density at radius 2 is 1.72 bits per heavy atom. The highest BCUT2D eigenvalue weighted by atomic mass is 79.9. The number of ketones is 1. The molecule has 0 aliphatic carbocycles. The van der Waals surface area contributed by atoms with Gasteiger partial charge in [-0.15, -0.1) is 0 Å². The molecule has 0 saturated carbocycles. The number of nitrogens with one attached hydrogen (secondary N) is 1. The standard InChI is InChI=1S/C20H22BrNO3/c1-14(16-5-9-18(21)10-6-16)22-20(24)4-3-13-25-19-11-7-17(8-12-19)15(2)23/h5-12,14H,3-4,13H2,1-2H3,(H,22,24). The molecule has 1 atom stereocenters. The average molecular weight is 404 g/mol. The van der Waals surface area contributed by atoms with Crippen molar-refractivity contribution in [3.8, 4) is 5.75 Å². The molecule has 1 unspecified atom stereocenters. The second-order valence-corrected chi connectivity index (χ2v) is 6.79. The molecule has 2 aromatic carbocycles. The van der Waals surface area contributed by atoms with E-state index >= 15 is 0 Å². The van der Waals surface area contributed by atoms with Crippen LogP contribution in [0.25, 0.3) is 0 Å². The summed E-state index contributed by atoms with van der Waals surface area (Å²) in [6.07, 6.45) is 1.04. The molecule has 2 aromatic rings. The number of halogens is 1. The fourth-order valence-corrected chi connectivity index (χ4v) is 2.62. The van der Waals surface area contributed by atoms with Gasteiger partial charge >= 0.3 is 0 Å². The SMILES string of the molecule is CC(=O)c1ccc(OCCCC(=O)NC(C)c2ccc(Br)cc2)cc1. The number of amides is 1. The molecule has 5 heteroatoms. The molecule has 0 bridgehead atoms. The largest absolute Gasteiger partial charge is 0.494 e. The van der Waals surface area contributed by atoms with Gasteiger partial charge in [-0.2, -0.15) is 0 Å². The zero-order chi connectivity index (χ0) is 18.2. The summed E-state index contributed by atoms with van der Waals surface area (Å²) in [6.45, 7) is 3.96. The van der Waals surface area contributed by atoms with Gasteiger partial charge in [0.05, 0.1) is 12.6 Å². The fourth-order valence-electron chi connectivity index (χ4n) is 2.36. The maximum Gasteiger partial charge on any atom is 0.220 e. The minimum Gasteiger partial charge on any atom is -0.494 e. The van der Waals surface area contributed by atoms with Crippen LogP contribution in [0.1, 0.15) is 48.7 Å². The van der Waals surface area contributed by atoms with Gasteiger partial charge in [-0.25, -0.2) is 0 Å². The van der Waals surface area contributed by atoms with Gasteiger partial charge < -0.3 is 10.1 Å². The first-order valence-corrected chi connectivity index (χ1v) is 9.03. The number of hydrogen-bond donors (Lipinski definition) is 1. The smallest absolute Gasteiger partial charge is 0.220 e. The van der Waals surface area contributed by atoms with Crippen molar-refractivity contribution in [3.63, 3.8) is 0 Å². The van der Waals surface area contributed by atoms with Crippen molar-refractivity contribution in [2.24, 2.45) is 0 Å². The van der Waals surface area contributed by atoms with Gasteiger partial charge in [0.1, 0.15) is 5.75 Å². The Kier molecular flexibility index (Phi) is 7.19. The Labute approximate surface area is 156 Å². The third kappa shape index (κ3) is 6.35. The van der Waals surface area contributed by atoms with Crippen LogP contribution >= 0.6 is 15.9 Å². The molecule has 132 valence electrons. The predicted molar refractivity (Wildman–Crippen MR) is 102 cm³/mol. The van der Waals surface area contributed by atoms with E-state index in [0.717, 1.165) is 10.0 Å². The van der Waals surface area contributed by atoms with Crippen molar-refractivity contribution >= 4 is 27.6 Å². The van der Waals surface area contributed by atoms with Gasteiger partial charge in [0.2, 0.25) is 5.91 Å². The molecule has 25 heavy (non-hydrogen) atoms. The van der Waals surface area contributed by atoms with Crippen molar-refractivity contribution in [2.75, 3.05) is 6.61 Å². The molecule has 0 aromatic heterocycles. The lowest BCUT2D eigenvalue weighted by atomic mass is 10.1. The van der Waals surface area contributed by atoms with E-state index in [2.05, 4.69) is 21.2 Å². The maximum absolute atomic E-state index is 12.0. The lowest BCUT2D eigenvalue weighted by molar-refractivity contribution is -0.121. The summed E-state index contributed by atoms with van der Waals surface area (Å²) in [5.74, 6) is 0.739. The van der Waals surface area contributed by atoms with Crippen molar-refractivity contribution < 1.29 is 14.3 Å². The third-order valence-corrected chi connectivity index (χ3v) is 4.35. The van der Waals surface area contributed by atoms with Crippen LogP contribution in [0.2, 0.25) is 0 Å². The van der Waals surface area contributed by atoms with Gasteiger partial charge in [-0.05, 0) is 62.2 Å². The molecule has 2 rings (SSSR count). The van der Waals surface area contributed by atoms with Crippen molar-refractivity contribution in [3.05, 3.63) is 64.1 Å². The topological polar surface area (TPSA) is 55.4 Å². The molecule has 0 spiro atoms. The van der Waals surface area contributed by atoms with E-state index in [9.17, 15) is 9.59 Å². The number of carbonyl (C=O) groups excluding carboxylic acids is 2. The molecule has 1 amide bonds. The van der Waals surface area contributed by atoms with Gasteiger partial charge in [-0.3, -0.25) is 9.59 Å². The molecular weight excluding hydrogens is 382 g/mol. The number of rotatable bonds is 8. The molecule has 0 radical (unpaired) electrons. The first kappa shape index (κ1) is 19.2. The van der Waals surface area contributed by atoms with Crippen LogP contribution < -0.4 is 10.1 Å². The number of Topliss-reactive ketones (excluding diaryl/α,β-unsaturated/α-hetero) is 1. The number of benzene rings is 2. The number of carbonyl (C=O) groups is 2. The van der Waals surface area contributed by atoms with E-state index in [1.54, 1.807) is 24.3 Å². The summed E-state index contributed by atoms with van der Waals surface area (Å²) in [4.78, 5) is 23.2. The molecule has 0 saturated heterocycles. The molecule has 0 aliphatic heterocycles. The van der Waals surface area contributed by atoms with E-state index in [-0.39, 0.29) is 17.7 Å². The van der Waals surface area contributed by atoms with Gasteiger partial charge in [0.15, 0.2) is 5.78 Å². The van der Waals surface area contributed by atoms with Crippen LogP contribution in [0, 0.1) is 0 Å². The quantitative estimate of drug-likeness (QED) is 0.513. The Bertz CT molecular complexity index is 711. The number of hydrogen-bond acceptors (Lipinski definition) is 3. The third-order valence-electron chi connectivity index (χ3n) is 3.83. The van der Waals surface area contributed by atoms with Crippen molar-refractivity contribution in [1.82, 2.24) is 5.32 Å². The highest BCUT2D eigenvalue weighted by molar-refractivity contribution is 9.10. The van der Waals surface area contributed by atoms with E-state index in [1.807, 2.05) is 31.2 Å². The Morgan fingerprint density at radius 1 is 1.08 bits per heavy atom. The molecule has 1 N–H and O–H groups in total. The zero-order valence-corrected chi connectivity index (χ0v) is 16.0. The van der Waals surface area contributed by atoms with Crippen LogP contribution in [-0.2, 0) is 4.79 Å². The molecule has 0 heterocycles. The molecule has 4 nitrogen and oxygen atoms in total. The zero-order valence-electron chi connectivity index (χ0n) is 14.4. The Hall–Kier alpha value is -2.14. The van der Waals surface area contributed by atoms with Crippen LogP contribution in [0.3, 0.4) is 0 Å². The first-order valence-electron chi connectivity index (χ1n) is 8.24. The summed E-state index contributed by atoms with van der Waals surface area (Å²) in [6, 6.07) is 14.9. The van der Waals surface area contributed by atoms with E-state index < -0.39 is 0 Å². The van der Waals surface area contributed by atoms with E-state index in [0.29, 0.717) is 30.8 Å². The average Bonchev–Trinajstić information content (AvgIpc) is 2.59. The van der Waals surface area contributed by atoms with Crippen LogP contribution in [0.15, 0.2) is 53.0 Å². The van der Waals surface area contributed by atoms with Gasteiger partial charge in [-0.1, -0.05) is 28.1 Å². The van der Waals surface area contributed by atoms with E-state index in [1.165, 1.54) is 6.92 Å². The summed E-state index contributed by atoms with van der Waals surface area (Å²) >= 11 is 3.40. The number of ether oxygens (including phenoxy) is 1. The lowest BCUT2D eigenvalue weighted by Crippen LogP contribution is -2.26. The van der Waals surface area contributed by atoms with Crippen molar-refractivity contribution in [2.45, 2.75) is 32.7 Å². The van der Waals surface area contributed by atoms with Crippen LogP contribution in [-0.4, -0.2) is 18.3 Å². The summed E-state index contributed by atoms with van der Waals surface area (Å²) < 4.78 is 6.61. The summed E-state index contributed by atoms with van der Waals surface area (Å²) in [7, 11) is 0. The lowest BCUT2D eigenvalue weighted by Gasteiger charge is -2.14. The second-order valence-electron chi connectivity index (χ2n) is 5.87. The van der Waals surface area contributed by atoms with Gasteiger partial charge in [0, 0.05) is 16.5 Å². The Balaban J connectivity index is 1.69. The highest BCUT2D eigenvalue weighted by Crippen LogP contribution is 2.17. The molecule has 0 aliphatic rings. The predicted octanol–water partition coefficient (Wildman–Crippen LogP) is 4.69. The van der Waals surface area contributed by atoms with Crippen LogP contribution in [0.4, 0.5) is 0 Å².